The lowest BCUT2D eigenvalue weighted by Gasteiger charge is -2.32. The Morgan fingerprint density at radius 2 is 1.91 bits per heavy atom. The van der Waals surface area contributed by atoms with Crippen molar-refractivity contribution >= 4 is 22.8 Å². The summed E-state index contributed by atoms with van der Waals surface area (Å²) in [6.45, 7) is 4.94. The fourth-order valence-corrected chi connectivity index (χ4v) is 3.39. The van der Waals surface area contributed by atoms with Crippen LogP contribution in [0.2, 0.25) is 5.02 Å². The summed E-state index contributed by atoms with van der Waals surface area (Å²) in [7, 11) is 0. The maximum atomic E-state index is 12.4. The largest absolute Gasteiger partial charge is 0.327 e. The van der Waals surface area contributed by atoms with Gasteiger partial charge in [-0.15, -0.1) is 0 Å². The number of benzene rings is 1. The van der Waals surface area contributed by atoms with Gasteiger partial charge in [-0.05, 0) is 24.5 Å². The van der Waals surface area contributed by atoms with Gasteiger partial charge in [0.15, 0.2) is 5.65 Å². The summed E-state index contributed by atoms with van der Waals surface area (Å²) >= 11 is 6.06. The number of H-pyrrole nitrogens is 1. The van der Waals surface area contributed by atoms with Crippen LogP contribution in [-0.4, -0.2) is 14.5 Å². The minimum Gasteiger partial charge on any atom is -0.290 e. The van der Waals surface area contributed by atoms with Crippen LogP contribution in [0.4, 0.5) is 0 Å². The van der Waals surface area contributed by atoms with Crippen molar-refractivity contribution in [2.45, 2.75) is 38.6 Å². The van der Waals surface area contributed by atoms with Gasteiger partial charge in [0, 0.05) is 18.2 Å². The van der Waals surface area contributed by atoms with Crippen molar-refractivity contribution in [2.75, 3.05) is 0 Å². The predicted octanol–water partition coefficient (Wildman–Crippen LogP) is 4.14. The number of imidazole rings is 1. The first-order chi connectivity index (χ1) is 11.1. The number of aromatic nitrogens is 3. The highest BCUT2D eigenvalue weighted by Crippen LogP contribution is 2.34. The Labute approximate surface area is 140 Å². The molecule has 3 rings (SSSR count). The summed E-state index contributed by atoms with van der Waals surface area (Å²) in [4.78, 5) is 19.4. The molecule has 5 heteroatoms. The molecule has 1 N–H and O–H groups in total. The van der Waals surface area contributed by atoms with Gasteiger partial charge in [-0.25, -0.2) is 9.78 Å². The van der Waals surface area contributed by atoms with Crippen molar-refractivity contribution in [3.63, 3.8) is 0 Å². The van der Waals surface area contributed by atoms with Crippen molar-refractivity contribution in [2.24, 2.45) is 0 Å². The first-order valence-corrected chi connectivity index (χ1v) is 8.27. The van der Waals surface area contributed by atoms with Crippen LogP contribution in [0.1, 0.15) is 32.3 Å². The van der Waals surface area contributed by atoms with Crippen LogP contribution < -0.4 is 5.69 Å². The number of pyridine rings is 1. The van der Waals surface area contributed by atoms with Gasteiger partial charge in [0.1, 0.15) is 0 Å². The first kappa shape index (κ1) is 15.8. The molecule has 0 aliphatic rings. The SMILES string of the molecule is CCC(CC)(Cn1c(=O)[nH]c2ncc(Cl)cc21)c1ccccc1. The van der Waals surface area contributed by atoms with E-state index in [1.807, 2.05) is 18.2 Å². The summed E-state index contributed by atoms with van der Waals surface area (Å²) in [5, 5.41) is 0.531. The molecule has 2 heterocycles. The third kappa shape index (κ3) is 2.79. The molecule has 0 spiro atoms. The number of halogens is 1. The van der Waals surface area contributed by atoms with E-state index in [2.05, 4.69) is 35.9 Å². The maximum Gasteiger partial charge on any atom is 0.327 e. The van der Waals surface area contributed by atoms with Gasteiger partial charge in [0.05, 0.1) is 10.5 Å². The highest BCUT2D eigenvalue weighted by Gasteiger charge is 2.30. The molecule has 0 saturated heterocycles. The number of nitrogens with zero attached hydrogens (tertiary/aromatic N) is 2. The van der Waals surface area contributed by atoms with Crippen LogP contribution in [0.15, 0.2) is 47.4 Å². The maximum absolute atomic E-state index is 12.4. The van der Waals surface area contributed by atoms with Crippen LogP contribution in [0.25, 0.3) is 11.2 Å². The van der Waals surface area contributed by atoms with E-state index in [4.69, 9.17) is 11.6 Å². The molecule has 0 radical (unpaired) electrons. The number of fused-ring (bicyclic) bond motifs is 1. The number of nitrogens with one attached hydrogen (secondary N) is 1. The summed E-state index contributed by atoms with van der Waals surface area (Å²) in [6, 6.07) is 12.2. The first-order valence-electron chi connectivity index (χ1n) is 7.89. The lowest BCUT2D eigenvalue weighted by Crippen LogP contribution is -2.34. The lowest BCUT2D eigenvalue weighted by atomic mass is 9.75. The number of aromatic amines is 1. The van der Waals surface area contributed by atoms with E-state index in [1.54, 1.807) is 16.8 Å². The van der Waals surface area contributed by atoms with Crippen LogP contribution in [0.3, 0.4) is 0 Å². The molecule has 0 aliphatic heterocycles. The highest BCUT2D eigenvalue weighted by atomic mass is 35.5. The number of hydrogen-bond donors (Lipinski definition) is 1. The van der Waals surface area contributed by atoms with Crippen molar-refractivity contribution < 1.29 is 0 Å². The van der Waals surface area contributed by atoms with E-state index in [-0.39, 0.29) is 11.1 Å². The Balaban J connectivity index is 2.13. The Bertz CT molecular complexity index is 863. The Hall–Kier alpha value is -2.07. The molecule has 0 amide bonds. The molecule has 2 aromatic heterocycles. The molecule has 0 unspecified atom stereocenters. The van der Waals surface area contributed by atoms with Crippen LogP contribution >= 0.6 is 11.6 Å². The van der Waals surface area contributed by atoms with Gasteiger partial charge in [0.2, 0.25) is 0 Å². The smallest absolute Gasteiger partial charge is 0.290 e. The molecular weight excluding hydrogens is 310 g/mol. The normalized spacial score (nSPS) is 12.0. The second kappa shape index (κ2) is 6.20. The Morgan fingerprint density at radius 3 is 2.57 bits per heavy atom. The van der Waals surface area contributed by atoms with E-state index in [1.165, 1.54) is 5.56 Å². The van der Waals surface area contributed by atoms with Gasteiger partial charge in [-0.1, -0.05) is 55.8 Å². The van der Waals surface area contributed by atoms with E-state index in [9.17, 15) is 4.79 Å². The fourth-order valence-electron chi connectivity index (χ4n) is 3.23. The monoisotopic (exact) mass is 329 g/mol. The van der Waals surface area contributed by atoms with Crippen molar-refractivity contribution in [1.82, 2.24) is 14.5 Å². The zero-order chi connectivity index (χ0) is 16.4. The molecule has 120 valence electrons. The number of rotatable bonds is 5. The summed E-state index contributed by atoms with van der Waals surface area (Å²) in [5.41, 5.74) is 2.35. The van der Waals surface area contributed by atoms with Gasteiger partial charge in [-0.2, -0.15) is 0 Å². The Kier molecular flexibility index (Phi) is 4.26. The molecule has 0 fully saturated rings. The highest BCUT2D eigenvalue weighted by molar-refractivity contribution is 6.31. The van der Waals surface area contributed by atoms with Crippen molar-refractivity contribution in [1.29, 1.82) is 0 Å². The average molecular weight is 330 g/mol. The van der Waals surface area contributed by atoms with E-state index >= 15 is 0 Å². The molecule has 23 heavy (non-hydrogen) atoms. The quantitative estimate of drug-likeness (QED) is 0.765. The van der Waals surface area contributed by atoms with E-state index in [0.717, 1.165) is 18.4 Å². The third-order valence-electron chi connectivity index (χ3n) is 4.80. The minimum atomic E-state index is -0.142. The molecule has 0 saturated carbocycles. The average Bonchev–Trinajstić information content (AvgIpc) is 2.88. The van der Waals surface area contributed by atoms with Gasteiger partial charge < -0.3 is 0 Å². The van der Waals surface area contributed by atoms with Crippen molar-refractivity contribution in [3.05, 3.63) is 63.7 Å². The van der Waals surface area contributed by atoms with Gasteiger partial charge >= 0.3 is 5.69 Å². The topological polar surface area (TPSA) is 50.7 Å². The Morgan fingerprint density at radius 1 is 1.22 bits per heavy atom. The summed E-state index contributed by atoms with van der Waals surface area (Å²) in [6.07, 6.45) is 3.44. The fraction of sp³-hybridized carbons (Fsp3) is 0.333. The lowest BCUT2D eigenvalue weighted by molar-refractivity contribution is 0.337. The second-order valence-corrected chi connectivity index (χ2v) is 6.33. The summed E-state index contributed by atoms with van der Waals surface area (Å²) in [5.74, 6) is 0. The molecule has 3 aromatic rings. The molecule has 4 nitrogen and oxygen atoms in total. The molecular formula is C18H20ClN3O. The molecule has 1 aromatic carbocycles. The second-order valence-electron chi connectivity index (χ2n) is 5.89. The standard InChI is InChI=1S/C18H20ClN3O/c1-3-18(4-2,13-8-6-5-7-9-13)12-22-15-10-14(19)11-20-16(15)21-17(22)23/h5-11H,3-4,12H2,1-2H3,(H,20,21,23). The van der Waals surface area contributed by atoms with Crippen LogP contribution in [0, 0.1) is 0 Å². The molecule has 0 bridgehead atoms. The third-order valence-corrected chi connectivity index (χ3v) is 5.00. The van der Waals surface area contributed by atoms with Crippen molar-refractivity contribution in [3.8, 4) is 0 Å². The van der Waals surface area contributed by atoms with E-state index in [0.29, 0.717) is 17.2 Å². The predicted molar refractivity (Wildman–Crippen MR) is 94.1 cm³/mol. The molecule has 0 atom stereocenters. The zero-order valence-electron chi connectivity index (χ0n) is 13.3. The summed E-state index contributed by atoms with van der Waals surface area (Å²) < 4.78 is 1.76. The molecule has 0 aliphatic carbocycles. The van der Waals surface area contributed by atoms with Gasteiger partial charge in [-0.3, -0.25) is 9.55 Å². The zero-order valence-corrected chi connectivity index (χ0v) is 14.1. The van der Waals surface area contributed by atoms with Gasteiger partial charge in [0.25, 0.3) is 0 Å². The van der Waals surface area contributed by atoms with Crippen LogP contribution in [0.5, 0.6) is 0 Å². The van der Waals surface area contributed by atoms with E-state index < -0.39 is 0 Å². The minimum absolute atomic E-state index is 0.0947. The van der Waals surface area contributed by atoms with Crippen LogP contribution in [-0.2, 0) is 12.0 Å². The number of hydrogen-bond acceptors (Lipinski definition) is 2.